The van der Waals surface area contributed by atoms with Gasteiger partial charge in [-0.25, -0.2) is 0 Å². The summed E-state index contributed by atoms with van der Waals surface area (Å²) in [4.78, 5) is 12.4. The summed E-state index contributed by atoms with van der Waals surface area (Å²) in [5, 5.41) is 43.4. The minimum absolute atomic E-state index is 0.375. The van der Waals surface area contributed by atoms with E-state index in [0.29, 0.717) is 12.8 Å². The first-order valence-corrected chi connectivity index (χ1v) is 20.9. The zero-order chi connectivity index (χ0) is 34.6. The van der Waals surface area contributed by atoms with Crippen LogP contribution in [0.25, 0.3) is 0 Å². The number of carbonyl (C=O) groups is 1. The molecule has 0 aromatic carbocycles. The summed E-state index contributed by atoms with van der Waals surface area (Å²) in [7, 11) is 0. The number of hydrogen-bond donors (Lipinski definition) is 5. The number of rotatable bonds is 38. The van der Waals surface area contributed by atoms with Gasteiger partial charge in [0.15, 0.2) is 0 Å². The second kappa shape index (κ2) is 36.6. The molecule has 6 nitrogen and oxygen atoms in total. The van der Waals surface area contributed by atoms with Crippen molar-refractivity contribution >= 4 is 5.91 Å². The average molecular weight is 670 g/mol. The summed E-state index contributed by atoms with van der Waals surface area (Å²) in [5.74, 6) is -0.582. The molecule has 0 bridgehead atoms. The van der Waals surface area contributed by atoms with Crippen LogP contribution in [0.5, 0.6) is 0 Å². The molecule has 5 N–H and O–H groups in total. The quantitative estimate of drug-likeness (QED) is 0.0420. The van der Waals surface area contributed by atoms with E-state index in [-0.39, 0.29) is 0 Å². The SMILES string of the molecule is CCCCCCCCCCCCCCCCCCCCCCCCCC(O)C(=O)NC(CO)C(O)C(O)CCCCCCCCCC. The van der Waals surface area contributed by atoms with Crippen molar-refractivity contribution in [3.8, 4) is 0 Å². The Balaban J connectivity index is 3.60. The van der Waals surface area contributed by atoms with E-state index >= 15 is 0 Å². The molecule has 0 radical (unpaired) electrons. The van der Waals surface area contributed by atoms with Gasteiger partial charge in [0.25, 0.3) is 0 Å². The Hall–Kier alpha value is -0.690. The maximum absolute atomic E-state index is 12.4. The fourth-order valence-corrected chi connectivity index (χ4v) is 6.70. The average Bonchev–Trinajstić information content (AvgIpc) is 3.08. The summed E-state index contributed by atoms with van der Waals surface area (Å²) < 4.78 is 0. The van der Waals surface area contributed by atoms with Gasteiger partial charge in [-0.15, -0.1) is 0 Å². The van der Waals surface area contributed by atoms with Crippen LogP contribution in [0.4, 0.5) is 0 Å². The lowest BCUT2D eigenvalue weighted by molar-refractivity contribution is -0.132. The first-order valence-electron chi connectivity index (χ1n) is 20.9. The normalized spacial score (nSPS) is 14.3. The molecule has 0 aromatic heterocycles. The topological polar surface area (TPSA) is 110 Å². The van der Waals surface area contributed by atoms with Crippen molar-refractivity contribution in [3.63, 3.8) is 0 Å². The van der Waals surface area contributed by atoms with E-state index in [1.807, 2.05) is 0 Å². The monoisotopic (exact) mass is 670 g/mol. The molecule has 0 spiro atoms. The van der Waals surface area contributed by atoms with Crippen LogP contribution < -0.4 is 5.32 Å². The van der Waals surface area contributed by atoms with E-state index in [4.69, 9.17) is 0 Å². The number of hydrogen-bond acceptors (Lipinski definition) is 5. The molecule has 0 heterocycles. The molecule has 1 amide bonds. The Morgan fingerprint density at radius 3 is 1.02 bits per heavy atom. The maximum Gasteiger partial charge on any atom is 0.249 e. The molecule has 4 unspecified atom stereocenters. The van der Waals surface area contributed by atoms with E-state index in [0.717, 1.165) is 38.5 Å². The summed E-state index contributed by atoms with van der Waals surface area (Å²) in [6, 6.07) is -0.976. The lowest BCUT2D eigenvalue weighted by Gasteiger charge is -2.27. The van der Waals surface area contributed by atoms with Gasteiger partial charge >= 0.3 is 0 Å². The first kappa shape index (κ1) is 46.3. The Labute approximate surface area is 292 Å². The third-order valence-corrected chi connectivity index (χ3v) is 10.1. The van der Waals surface area contributed by atoms with Crippen LogP contribution in [-0.4, -0.2) is 57.3 Å². The van der Waals surface area contributed by atoms with Gasteiger partial charge in [-0.05, 0) is 12.8 Å². The number of aliphatic hydroxyl groups excluding tert-OH is 4. The summed E-state index contributed by atoms with van der Waals surface area (Å²) in [6.45, 7) is 4.02. The molecule has 282 valence electrons. The Bertz CT molecular complexity index is 633. The van der Waals surface area contributed by atoms with Crippen molar-refractivity contribution < 1.29 is 25.2 Å². The van der Waals surface area contributed by atoms with E-state index < -0.39 is 36.9 Å². The van der Waals surface area contributed by atoms with Crippen LogP contribution in [0, 0.1) is 0 Å². The minimum Gasteiger partial charge on any atom is -0.394 e. The van der Waals surface area contributed by atoms with E-state index in [1.165, 1.54) is 161 Å². The van der Waals surface area contributed by atoms with Gasteiger partial charge in [-0.1, -0.05) is 213 Å². The third kappa shape index (κ3) is 31.1. The van der Waals surface area contributed by atoms with Crippen molar-refractivity contribution in [3.05, 3.63) is 0 Å². The molecule has 0 aliphatic carbocycles. The second-order valence-corrected chi connectivity index (χ2v) is 14.7. The second-order valence-electron chi connectivity index (χ2n) is 14.7. The van der Waals surface area contributed by atoms with Gasteiger partial charge in [0.05, 0.1) is 18.8 Å². The van der Waals surface area contributed by atoms with Gasteiger partial charge < -0.3 is 25.7 Å². The van der Waals surface area contributed by atoms with Crippen LogP contribution in [0.1, 0.15) is 226 Å². The molecule has 0 rings (SSSR count). The van der Waals surface area contributed by atoms with Crippen molar-refractivity contribution in [1.82, 2.24) is 5.32 Å². The molecule has 0 fully saturated rings. The minimum atomic E-state index is -1.25. The van der Waals surface area contributed by atoms with Gasteiger partial charge in [0.1, 0.15) is 12.2 Å². The maximum atomic E-state index is 12.4. The summed E-state index contributed by atoms with van der Waals surface area (Å²) >= 11 is 0. The molecule has 47 heavy (non-hydrogen) atoms. The number of aliphatic hydroxyl groups is 4. The van der Waals surface area contributed by atoms with E-state index in [2.05, 4.69) is 19.2 Å². The molecule has 0 saturated carbocycles. The van der Waals surface area contributed by atoms with Crippen LogP contribution in [0.15, 0.2) is 0 Å². The lowest BCUT2D eigenvalue weighted by Crippen LogP contribution is -2.53. The molecule has 6 heteroatoms. The fraction of sp³-hybridized carbons (Fsp3) is 0.976. The molecular formula is C41H83NO5. The number of unbranched alkanes of at least 4 members (excludes halogenated alkanes) is 29. The largest absolute Gasteiger partial charge is 0.394 e. The van der Waals surface area contributed by atoms with Crippen LogP contribution in [0.2, 0.25) is 0 Å². The number of nitrogens with one attached hydrogen (secondary N) is 1. The Morgan fingerprint density at radius 1 is 0.447 bits per heavy atom. The molecule has 0 aliphatic heterocycles. The molecule has 4 atom stereocenters. The van der Waals surface area contributed by atoms with Crippen LogP contribution in [0.3, 0.4) is 0 Å². The van der Waals surface area contributed by atoms with Crippen molar-refractivity contribution in [2.45, 2.75) is 250 Å². The molecular weight excluding hydrogens is 586 g/mol. The van der Waals surface area contributed by atoms with Gasteiger partial charge in [-0.2, -0.15) is 0 Å². The smallest absolute Gasteiger partial charge is 0.249 e. The van der Waals surface area contributed by atoms with Crippen molar-refractivity contribution in [1.29, 1.82) is 0 Å². The van der Waals surface area contributed by atoms with Gasteiger partial charge in [0, 0.05) is 0 Å². The Morgan fingerprint density at radius 2 is 0.723 bits per heavy atom. The highest BCUT2D eigenvalue weighted by Gasteiger charge is 2.28. The van der Waals surface area contributed by atoms with Gasteiger partial charge in [0.2, 0.25) is 5.91 Å². The third-order valence-electron chi connectivity index (χ3n) is 10.1. The van der Waals surface area contributed by atoms with Crippen LogP contribution >= 0.6 is 0 Å². The zero-order valence-corrected chi connectivity index (χ0v) is 31.5. The predicted molar refractivity (Wildman–Crippen MR) is 201 cm³/mol. The zero-order valence-electron chi connectivity index (χ0n) is 31.5. The summed E-state index contributed by atoms with van der Waals surface area (Å²) in [5.41, 5.74) is 0. The Kier molecular flexibility index (Phi) is 36.0. The highest BCUT2D eigenvalue weighted by Crippen LogP contribution is 2.17. The first-order chi connectivity index (χ1) is 23.0. The summed E-state index contributed by atoms with van der Waals surface area (Å²) in [6.07, 6.45) is 37.2. The van der Waals surface area contributed by atoms with Crippen molar-refractivity contribution in [2.75, 3.05) is 6.61 Å². The lowest BCUT2D eigenvalue weighted by atomic mass is 9.99. The fourth-order valence-electron chi connectivity index (χ4n) is 6.70. The van der Waals surface area contributed by atoms with Crippen LogP contribution in [-0.2, 0) is 4.79 Å². The number of amides is 1. The van der Waals surface area contributed by atoms with Gasteiger partial charge in [-0.3, -0.25) is 4.79 Å². The standard InChI is InChI=1S/C41H83NO5/c1-3-5-7-9-11-13-14-15-16-17-18-19-20-21-22-23-24-25-26-27-29-31-33-35-39(45)41(47)42-37(36-43)40(46)38(44)34-32-30-28-12-10-8-6-4-2/h37-40,43-46H,3-36H2,1-2H3,(H,42,47). The van der Waals surface area contributed by atoms with E-state index in [1.54, 1.807) is 0 Å². The highest BCUT2D eigenvalue weighted by molar-refractivity contribution is 5.80. The van der Waals surface area contributed by atoms with E-state index in [9.17, 15) is 25.2 Å². The molecule has 0 saturated heterocycles. The van der Waals surface area contributed by atoms with Crippen molar-refractivity contribution in [2.24, 2.45) is 0 Å². The molecule has 0 aliphatic rings. The highest BCUT2D eigenvalue weighted by atomic mass is 16.3. The number of carbonyl (C=O) groups excluding carboxylic acids is 1. The predicted octanol–water partition coefficient (Wildman–Crippen LogP) is 10.5. The molecule has 0 aromatic rings.